The summed E-state index contributed by atoms with van der Waals surface area (Å²) >= 11 is 0. The number of methoxy groups -OCH3 is 1. The Morgan fingerprint density at radius 2 is 1.80 bits per heavy atom. The molecule has 6 nitrogen and oxygen atoms in total. The Labute approximate surface area is 145 Å². The molecule has 0 saturated carbocycles. The van der Waals surface area contributed by atoms with E-state index in [0.717, 1.165) is 23.3 Å². The fourth-order valence-corrected chi connectivity index (χ4v) is 2.26. The van der Waals surface area contributed by atoms with Gasteiger partial charge in [0, 0.05) is 5.56 Å². The lowest BCUT2D eigenvalue weighted by molar-refractivity contribution is 0.0430. The second kappa shape index (κ2) is 7.61. The van der Waals surface area contributed by atoms with Crippen molar-refractivity contribution in [3.05, 3.63) is 65.5 Å². The molecule has 0 radical (unpaired) electrons. The zero-order valence-electron chi connectivity index (χ0n) is 14.1. The Bertz CT molecular complexity index is 839. The highest BCUT2D eigenvalue weighted by Crippen LogP contribution is 2.20. The number of esters is 1. The van der Waals surface area contributed by atoms with Crippen molar-refractivity contribution in [2.75, 3.05) is 7.11 Å². The Balaban J connectivity index is 1.61. The van der Waals surface area contributed by atoms with E-state index in [9.17, 15) is 4.79 Å². The third kappa shape index (κ3) is 4.03. The zero-order valence-corrected chi connectivity index (χ0v) is 14.1. The first-order valence-corrected chi connectivity index (χ1v) is 7.92. The maximum absolute atomic E-state index is 12.0. The van der Waals surface area contributed by atoms with Crippen LogP contribution in [0.4, 0.5) is 0 Å². The quantitative estimate of drug-likeness (QED) is 0.639. The number of carbonyl (C=O) groups excluding carboxylic acids is 1. The predicted molar refractivity (Wildman–Crippen MR) is 91.2 cm³/mol. The summed E-state index contributed by atoms with van der Waals surface area (Å²) in [7, 11) is 1.60. The first-order valence-electron chi connectivity index (χ1n) is 7.92. The van der Waals surface area contributed by atoms with Crippen LogP contribution in [0.25, 0.3) is 11.4 Å². The van der Waals surface area contributed by atoms with Gasteiger partial charge >= 0.3 is 5.97 Å². The van der Waals surface area contributed by atoms with E-state index in [-0.39, 0.29) is 12.5 Å². The molecule has 3 rings (SSSR count). The maximum atomic E-state index is 12.0. The van der Waals surface area contributed by atoms with E-state index in [1.54, 1.807) is 19.2 Å². The van der Waals surface area contributed by atoms with Gasteiger partial charge in [-0.25, -0.2) is 4.79 Å². The molecule has 0 N–H and O–H groups in total. The molecule has 3 aromatic rings. The average molecular weight is 338 g/mol. The molecule has 0 aliphatic rings. The molecule has 0 atom stereocenters. The molecule has 6 heteroatoms. The normalized spacial score (nSPS) is 10.5. The van der Waals surface area contributed by atoms with Crippen LogP contribution in [0, 0.1) is 0 Å². The third-order valence-corrected chi connectivity index (χ3v) is 3.74. The van der Waals surface area contributed by atoms with E-state index in [2.05, 4.69) is 17.1 Å². The largest absolute Gasteiger partial charge is 0.497 e. The predicted octanol–water partition coefficient (Wildman–Crippen LogP) is 3.66. The van der Waals surface area contributed by atoms with Gasteiger partial charge in [0.2, 0.25) is 5.82 Å². The Kier molecular flexibility index (Phi) is 5.09. The molecule has 0 unspecified atom stereocenters. The van der Waals surface area contributed by atoms with Crippen molar-refractivity contribution in [1.29, 1.82) is 0 Å². The summed E-state index contributed by atoms with van der Waals surface area (Å²) in [4.78, 5) is 16.3. The summed E-state index contributed by atoms with van der Waals surface area (Å²) < 4.78 is 15.5. The van der Waals surface area contributed by atoms with Crippen LogP contribution in [-0.4, -0.2) is 23.2 Å². The van der Waals surface area contributed by atoms with Crippen LogP contribution in [0.2, 0.25) is 0 Å². The lowest BCUT2D eigenvalue weighted by Gasteiger charge is -2.02. The summed E-state index contributed by atoms with van der Waals surface area (Å²) in [5, 5.41) is 3.90. The van der Waals surface area contributed by atoms with Crippen molar-refractivity contribution >= 4 is 5.97 Å². The standard InChI is InChI=1S/C19H18N2O4/c1-3-13-4-6-15(7-5-13)19(22)24-12-17-20-18(21-25-17)14-8-10-16(23-2)11-9-14/h4-11H,3,12H2,1-2H3. The molecular weight excluding hydrogens is 320 g/mol. The summed E-state index contributed by atoms with van der Waals surface area (Å²) in [5.74, 6) is 0.993. The summed E-state index contributed by atoms with van der Waals surface area (Å²) in [6.45, 7) is 1.99. The Morgan fingerprint density at radius 3 is 2.44 bits per heavy atom. The average Bonchev–Trinajstić information content (AvgIpc) is 3.15. The molecule has 2 aromatic carbocycles. The highest BCUT2D eigenvalue weighted by Gasteiger charge is 2.12. The number of ether oxygens (including phenoxy) is 2. The minimum Gasteiger partial charge on any atom is -0.497 e. The highest BCUT2D eigenvalue weighted by molar-refractivity contribution is 5.89. The molecule has 1 heterocycles. The second-order valence-corrected chi connectivity index (χ2v) is 5.37. The van der Waals surface area contributed by atoms with Crippen molar-refractivity contribution in [2.24, 2.45) is 0 Å². The third-order valence-electron chi connectivity index (χ3n) is 3.74. The van der Waals surface area contributed by atoms with Crippen molar-refractivity contribution in [3.8, 4) is 17.1 Å². The van der Waals surface area contributed by atoms with Gasteiger partial charge in [0.25, 0.3) is 5.89 Å². The van der Waals surface area contributed by atoms with Crippen LogP contribution >= 0.6 is 0 Å². The highest BCUT2D eigenvalue weighted by atomic mass is 16.6. The molecule has 0 amide bonds. The lowest BCUT2D eigenvalue weighted by Crippen LogP contribution is -2.05. The number of hydrogen-bond acceptors (Lipinski definition) is 6. The first-order chi connectivity index (χ1) is 12.2. The minimum atomic E-state index is -0.424. The van der Waals surface area contributed by atoms with Crippen molar-refractivity contribution < 1.29 is 18.8 Å². The molecule has 0 spiro atoms. The smallest absolute Gasteiger partial charge is 0.338 e. The molecule has 0 bridgehead atoms. The number of hydrogen-bond donors (Lipinski definition) is 0. The van der Waals surface area contributed by atoms with E-state index >= 15 is 0 Å². The van der Waals surface area contributed by atoms with Crippen LogP contribution in [0.3, 0.4) is 0 Å². The molecule has 0 aliphatic heterocycles. The molecule has 0 aliphatic carbocycles. The Morgan fingerprint density at radius 1 is 1.08 bits per heavy atom. The van der Waals surface area contributed by atoms with Gasteiger partial charge in [0.1, 0.15) is 5.75 Å². The number of carbonyl (C=O) groups is 1. The van der Waals surface area contributed by atoms with Crippen LogP contribution in [0.5, 0.6) is 5.75 Å². The molecule has 1 aromatic heterocycles. The van der Waals surface area contributed by atoms with Crippen LogP contribution < -0.4 is 4.74 Å². The van der Waals surface area contributed by atoms with Gasteiger partial charge < -0.3 is 14.0 Å². The molecule has 0 fully saturated rings. The van der Waals surface area contributed by atoms with E-state index in [4.69, 9.17) is 14.0 Å². The second-order valence-electron chi connectivity index (χ2n) is 5.37. The Hall–Kier alpha value is -3.15. The number of aromatic nitrogens is 2. The first kappa shape index (κ1) is 16.7. The zero-order chi connectivity index (χ0) is 17.6. The summed E-state index contributed by atoms with van der Waals surface area (Å²) in [6.07, 6.45) is 0.922. The van der Waals surface area contributed by atoms with E-state index in [0.29, 0.717) is 11.4 Å². The van der Waals surface area contributed by atoms with E-state index < -0.39 is 5.97 Å². The van der Waals surface area contributed by atoms with Crippen molar-refractivity contribution in [1.82, 2.24) is 10.1 Å². The van der Waals surface area contributed by atoms with E-state index in [1.807, 2.05) is 36.4 Å². The van der Waals surface area contributed by atoms with Crippen molar-refractivity contribution in [2.45, 2.75) is 20.0 Å². The van der Waals surface area contributed by atoms with Crippen LogP contribution in [-0.2, 0) is 17.8 Å². The van der Waals surface area contributed by atoms with Gasteiger partial charge in [-0.1, -0.05) is 24.2 Å². The number of nitrogens with zero attached hydrogens (tertiary/aromatic N) is 2. The number of aryl methyl sites for hydroxylation is 1. The van der Waals surface area contributed by atoms with Gasteiger partial charge in [-0.05, 0) is 48.4 Å². The summed E-state index contributed by atoms with van der Waals surface area (Å²) in [5.41, 5.74) is 2.45. The topological polar surface area (TPSA) is 74.5 Å². The fraction of sp³-hybridized carbons (Fsp3) is 0.211. The summed E-state index contributed by atoms with van der Waals surface area (Å²) in [6, 6.07) is 14.6. The molecule has 128 valence electrons. The van der Waals surface area contributed by atoms with Gasteiger partial charge in [0.05, 0.1) is 12.7 Å². The fourth-order valence-electron chi connectivity index (χ4n) is 2.26. The van der Waals surface area contributed by atoms with Gasteiger partial charge in [0.15, 0.2) is 6.61 Å². The van der Waals surface area contributed by atoms with Crippen LogP contribution in [0.15, 0.2) is 53.1 Å². The monoisotopic (exact) mass is 338 g/mol. The minimum absolute atomic E-state index is 0.0719. The molecule has 25 heavy (non-hydrogen) atoms. The van der Waals surface area contributed by atoms with E-state index in [1.165, 1.54) is 0 Å². The van der Waals surface area contributed by atoms with Gasteiger partial charge in [-0.2, -0.15) is 4.98 Å². The number of benzene rings is 2. The van der Waals surface area contributed by atoms with Crippen LogP contribution in [0.1, 0.15) is 28.7 Å². The van der Waals surface area contributed by atoms with Crippen molar-refractivity contribution in [3.63, 3.8) is 0 Å². The van der Waals surface area contributed by atoms with Gasteiger partial charge in [-0.15, -0.1) is 0 Å². The lowest BCUT2D eigenvalue weighted by atomic mass is 10.1. The SMILES string of the molecule is CCc1ccc(C(=O)OCc2nc(-c3ccc(OC)cc3)no2)cc1. The van der Waals surface area contributed by atoms with Gasteiger partial charge in [-0.3, -0.25) is 0 Å². The number of rotatable bonds is 6. The molecular formula is C19H18N2O4. The maximum Gasteiger partial charge on any atom is 0.338 e. The molecule has 0 saturated heterocycles.